The van der Waals surface area contributed by atoms with Crippen LogP contribution in [0.2, 0.25) is 0 Å². The zero-order chi connectivity index (χ0) is 11.5. The number of hydrogen-bond acceptors (Lipinski definition) is 3. The molecule has 1 aromatic heterocycles. The number of carboxylic acids is 1. The molecule has 0 aliphatic heterocycles. The highest BCUT2D eigenvalue weighted by Crippen LogP contribution is 2.38. The first-order valence-corrected chi connectivity index (χ1v) is 5.64. The maximum atomic E-state index is 12.4. The van der Waals surface area contributed by atoms with E-state index >= 15 is 0 Å². The second-order valence-electron chi connectivity index (χ2n) is 2.68. The fraction of sp³-hybridized carbons (Fsp3) is 0.375. The molecule has 1 rings (SSSR count). The van der Waals surface area contributed by atoms with Crippen molar-refractivity contribution in [3.8, 4) is 0 Å². The lowest BCUT2D eigenvalue weighted by Gasteiger charge is -2.16. The Morgan fingerprint density at radius 1 is 1.60 bits per heavy atom. The summed E-state index contributed by atoms with van der Waals surface area (Å²) in [6.45, 7) is 0. The van der Waals surface area contributed by atoms with Crippen LogP contribution >= 0.6 is 23.1 Å². The summed E-state index contributed by atoms with van der Waals surface area (Å²) in [5.74, 6) is -1.44. The summed E-state index contributed by atoms with van der Waals surface area (Å²) in [4.78, 5) is 10.3. The van der Waals surface area contributed by atoms with Gasteiger partial charge in [-0.3, -0.25) is 4.79 Å². The molecule has 1 N–H and O–H groups in total. The van der Waals surface area contributed by atoms with Crippen molar-refractivity contribution in [2.45, 2.75) is 22.1 Å². The molecule has 1 aromatic rings. The van der Waals surface area contributed by atoms with Crippen molar-refractivity contribution in [3.05, 3.63) is 17.5 Å². The molecule has 0 radical (unpaired) electrons. The van der Waals surface area contributed by atoms with Gasteiger partial charge in [0.05, 0.1) is 10.6 Å². The molecule has 0 aliphatic carbocycles. The molecule has 1 heterocycles. The molecule has 0 bridgehead atoms. The number of aliphatic carboxylic acids is 1. The first kappa shape index (κ1) is 12.4. The van der Waals surface area contributed by atoms with E-state index in [-0.39, 0.29) is 0 Å². The van der Waals surface area contributed by atoms with Gasteiger partial charge in [-0.2, -0.15) is 13.2 Å². The molecule has 7 heteroatoms. The normalized spacial score (nSPS) is 13.8. The van der Waals surface area contributed by atoms with Crippen LogP contribution in [0, 0.1) is 0 Å². The van der Waals surface area contributed by atoms with Crippen molar-refractivity contribution in [2.75, 3.05) is 0 Å². The van der Waals surface area contributed by atoms with E-state index in [0.29, 0.717) is 16.0 Å². The first-order valence-electron chi connectivity index (χ1n) is 3.88. The van der Waals surface area contributed by atoms with Gasteiger partial charge in [-0.05, 0) is 11.4 Å². The van der Waals surface area contributed by atoms with E-state index in [2.05, 4.69) is 0 Å². The molecule has 0 amide bonds. The topological polar surface area (TPSA) is 37.3 Å². The van der Waals surface area contributed by atoms with Gasteiger partial charge < -0.3 is 5.11 Å². The molecule has 0 saturated heterocycles. The summed E-state index contributed by atoms with van der Waals surface area (Å²) in [6.07, 6.45) is -5.40. The molecule has 2 nitrogen and oxygen atoms in total. The van der Waals surface area contributed by atoms with E-state index < -0.39 is 23.8 Å². The number of thiophene rings is 1. The molecule has 0 aliphatic rings. The third kappa shape index (κ3) is 4.13. The van der Waals surface area contributed by atoms with E-state index in [4.69, 9.17) is 5.11 Å². The summed E-state index contributed by atoms with van der Waals surface area (Å²) >= 11 is 1.71. The number of hydrogen-bond donors (Lipinski definition) is 1. The Morgan fingerprint density at radius 2 is 2.27 bits per heavy atom. The average molecular weight is 256 g/mol. The van der Waals surface area contributed by atoms with Crippen molar-refractivity contribution in [1.82, 2.24) is 0 Å². The monoisotopic (exact) mass is 256 g/mol. The van der Waals surface area contributed by atoms with Crippen LogP contribution in [0.15, 0.2) is 21.7 Å². The summed E-state index contributed by atoms with van der Waals surface area (Å²) in [5, 5.41) is 8.13. The quantitative estimate of drug-likeness (QED) is 0.840. The fourth-order valence-corrected chi connectivity index (χ4v) is 2.84. The molecule has 0 saturated carbocycles. The average Bonchev–Trinajstić information content (AvgIpc) is 2.53. The highest BCUT2D eigenvalue weighted by molar-refractivity contribution is 8.01. The molecule has 0 fully saturated rings. The second-order valence-corrected chi connectivity index (χ2v) is 5.13. The number of carbonyl (C=O) groups is 1. The lowest BCUT2D eigenvalue weighted by Crippen LogP contribution is -2.28. The Hall–Kier alpha value is -0.690. The van der Waals surface area contributed by atoms with Crippen molar-refractivity contribution in [3.63, 3.8) is 0 Å². The smallest absolute Gasteiger partial charge is 0.401 e. The van der Waals surface area contributed by atoms with Crippen LogP contribution in [-0.2, 0) is 4.79 Å². The SMILES string of the molecule is O=C(O)CC(Sc1cccs1)C(F)(F)F. The van der Waals surface area contributed by atoms with Crippen LogP contribution in [0.3, 0.4) is 0 Å². The van der Waals surface area contributed by atoms with Crippen LogP contribution < -0.4 is 0 Å². The van der Waals surface area contributed by atoms with Gasteiger partial charge in [-0.15, -0.1) is 23.1 Å². The predicted octanol–water partition coefficient (Wildman–Crippen LogP) is 3.25. The maximum Gasteiger partial charge on any atom is 0.401 e. The van der Waals surface area contributed by atoms with Gasteiger partial charge in [0, 0.05) is 0 Å². The van der Waals surface area contributed by atoms with Gasteiger partial charge in [0.1, 0.15) is 5.25 Å². The minimum absolute atomic E-state index is 0.471. The zero-order valence-electron chi connectivity index (χ0n) is 7.32. The van der Waals surface area contributed by atoms with Gasteiger partial charge in [-0.1, -0.05) is 6.07 Å². The minimum Gasteiger partial charge on any atom is -0.481 e. The van der Waals surface area contributed by atoms with E-state index in [0.717, 1.165) is 11.3 Å². The molecule has 1 unspecified atom stereocenters. The molecule has 0 aromatic carbocycles. The van der Waals surface area contributed by atoms with Crippen LogP contribution in [0.5, 0.6) is 0 Å². The van der Waals surface area contributed by atoms with Crippen LogP contribution in [-0.4, -0.2) is 22.5 Å². The molecule has 1 atom stereocenters. The Balaban J connectivity index is 2.69. The fourth-order valence-electron chi connectivity index (χ4n) is 0.854. The zero-order valence-corrected chi connectivity index (χ0v) is 8.96. The maximum absolute atomic E-state index is 12.4. The van der Waals surface area contributed by atoms with Gasteiger partial charge in [-0.25, -0.2) is 0 Å². The van der Waals surface area contributed by atoms with Crippen LogP contribution in [0.25, 0.3) is 0 Å². The highest BCUT2D eigenvalue weighted by Gasteiger charge is 2.41. The third-order valence-corrected chi connectivity index (χ3v) is 3.80. The lowest BCUT2D eigenvalue weighted by molar-refractivity contribution is -0.149. The van der Waals surface area contributed by atoms with E-state index in [1.54, 1.807) is 11.4 Å². The minimum atomic E-state index is -4.49. The van der Waals surface area contributed by atoms with Gasteiger partial charge in [0.25, 0.3) is 0 Å². The molecular weight excluding hydrogens is 249 g/mol. The Morgan fingerprint density at radius 3 is 2.67 bits per heavy atom. The number of alkyl halides is 3. The molecular formula is C8H7F3O2S2. The predicted molar refractivity (Wildman–Crippen MR) is 52.3 cm³/mol. The molecule has 0 spiro atoms. The summed E-state index contributed by atoms with van der Waals surface area (Å²) in [7, 11) is 0. The van der Waals surface area contributed by atoms with Gasteiger partial charge in [0.2, 0.25) is 0 Å². The number of halogens is 3. The molecule has 84 valence electrons. The number of carboxylic acid groups (broad SMARTS) is 1. The van der Waals surface area contributed by atoms with Crippen molar-refractivity contribution < 1.29 is 23.1 Å². The van der Waals surface area contributed by atoms with Gasteiger partial charge in [0.15, 0.2) is 0 Å². The summed E-state index contributed by atoms with van der Waals surface area (Å²) in [6, 6.07) is 3.16. The number of thioether (sulfide) groups is 1. The van der Waals surface area contributed by atoms with Crippen molar-refractivity contribution in [2.24, 2.45) is 0 Å². The van der Waals surface area contributed by atoms with Crippen LogP contribution in [0.1, 0.15) is 6.42 Å². The number of rotatable bonds is 4. The van der Waals surface area contributed by atoms with E-state index in [1.165, 1.54) is 6.07 Å². The third-order valence-electron chi connectivity index (χ3n) is 1.48. The Labute approximate surface area is 92.1 Å². The summed E-state index contributed by atoms with van der Waals surface area (Å²) < 4.78 is 37.6. The lowest BCUT2D eigenvalue weighted by atomic mass is 10.3. The molecule has 15 heavy (non-hydrogen) atoms. The standard InChI is InChI=1S/C8H7F3O2S2/c9-8(10,11)5(4-6(12)13)15-7-2-1-3-14-7/h1-3,5H,4H2,(H,12,13). The van der Waals surface area contributed by atoms with E-state index in [9.17, 15) is 18.0 Å². The summed E-state index contributed by atoms with van der Waals surface area (Å²) in [5.41, 5.74) is 0. The Kier molecular flexibility index (Phi) is 4.04. The van der Waals surface area contributed by atoms with Crippen molar-refractivity contribution in [1.29, 1.82) is 0 Å². The van der Waals surface area contributed by atoms with E-state index in [1.807, 2.05) is 0 Å². The highest BCUT2D eigenvalue weighted by atomic mass is 32.2. The largest absolute Gasteiger partial charge is 0.481 e. The second kappa shape index (κ2) is 4.89. The van der Waals surface area contributed by atoms with Crippen molar-refractivity contribution >= 4 is 29.1 Å². The van der Waals surface area contributed by atoms with Gasteiger partial charge >= 0.3 is 12.1 Å². The Bertz CT molecular complexity index is 321. The first-order chi connectivity index (χ1) is 6.89. The van der Waals surface area contributed by atoms with Crippen LogP contribution in [0.4, 0.5) is 13.2 Å².